The van der Waals surface area contributed by atoms with Gasteiger partial charge in [-0.2, -0.15) is 0 Å². The van der Waals surface area contributed by atoms with Crippen molar-refractivity contribution in [1.82, 2.24) is 10.6 Å². The van der Waals surface area contributed by atoms with Crippen LogP contribution < -0.4 is 30.9 Å². The van der Waals surface area contributed by atoms with Gasteiger partial charge in [0.15, 0.2) is 0 Å². The zero-order valence-electron chi connectivity index (χ0n) is 23.3. The molecule has 41 heavy (non-hydrogen) atoms. The van der Waals surface area contributed by atoms with Crippen LogP contribution in [0.4, 0.5) is 11.4 Å². The van der Waals surface area contributed by atoms with Crippen molar-refractivity contribution < 1.29 is 29.0 Å². The predicted molar refractivity (Wildman–Crippen MR) is 156 cm³/mol. The monoisotopic (exact) mass is 561 g/mol. The number of para-hydroxylation sites is 2. The SMILES string of the molecule is CN[C@@H](C)C(=O)NC1CN(C(=O)CCCN)c2ccccc2N(Cc2c(OC)ccc3cc(C(=O)O)ccc23)C1=O. The van der Waals surface area contributed by atoms with Gasteiger partial charge in [-0.1, -0.05) is 24.3 Å². The number of hydrogen-bond acceptors (Lipinski definition) is 7. The number of methoxy groups -OCH3 is 1. The van der Waals surface area contributed by atoms with E-state index >= 15 is 0 Å². The Kier molecular flexibility index (Phi) is 9.21. The summed E-state index contributed by atoms with van der Waals surface area (Å²) >= 11 is 0. The van der Waals surface area contributed by atoms with Crippen molar-refractivity contribution in [2.45, 2.75) is 38.4 Å². The van der Waals surface area contributed by atoms with E-state index in [-0.39, 0.29) is 36.9 Å². The van der Waals surface area contributed by atoms with E-state index in [1.54, 1.807) is 67.4 Å². The molecule has 216 valence electrons. The number of carbonyl (C=O) groups is 4. The summed E-state index contributed by atoms with van der Waals surface area (Å²) in [6, 6.07) is 13.8. The van der Waals surface area contributed by atoms with Gasteiger partial charge in [0.2, 0.25) is 11.8 Å². The first-order chi connectivity index (χ1) is 19.7. The van der Waals surface area contributed by atoms with Crippen LogP contribution in [-0.4, -0.2) is 68.1 Å². The molecule has 0 saturated heterocycles. The van der Waals surface area contributed by atoms with E-state index in [2.05, 4.69) is 10.6 Å². The lowest BCUT2D eigenvalue weighted by Gasteiger charge is -2.27. The quantitative estimate of drug-likeness (QED) is 0.294. The molecule has 0 aromatic heterocycles. The van der Waals surface area contributed by atoms with Crippen LogP contribution in [0.2, 0.25) is 0 Å². The minimum Gasteiger partial charge on any atom is -0.496 e. The van der Waals surface area contributed by atoms with Gasteiger partial charge in [-0.25, -0.2) is 4.79 Å². The number of ether oxygens (including phenoxy) is 1. The minimum absolute atomic E-state index is 0.0432. The molecule has 1 aliphatic rings. The molecule has 4 rings (SSSR count). The highest BCUT2D eigenvalue weighted by Gasteiger charge is 2.37. The molecule has 0 spiro atoms. The van der Waals surface area contributed by atoms with Crippen LogP contribution in [0.1, 0.15) is 35.7 Å². The molecule has 11 heteroatoms. The Morgan fingerprint density at radius 1 is 1.12 bits per heavy atom. The van der Waals surface area contributed by atoms with Crippen LogP contribution >= 0.6 is 0 Å². The molecule has 0 bridgehead atoms. The predicted octanol–water partition coefficient (Wildman–Crippen LogP) is 2.26. The Balaban J connectivity index is 1.85. The molecule has 1 heterocycles. The third-order valence-electron chi connectivity index (χ3n) is 7.30. The number of nitrogens with two attached hydrogens (primary N) is 1. The molecule has 0 saturated carbocycles. The molecular weight excluding hydrogens is 526 g/mol. The number of carbonyl (C=O) groups excluding carboxylic acids is 3. The number of likely N-dealkylation sites (N-methyl/N-ethyl adjacent to an activating group) is 1. The lowest BCUT2D eigenvalue weighted by Crippen LogP contribution is -2.55. The fraction of sp³-hybridized carbons (Fsp3) is 0.333. The second kappa shape index (κ2) is 12.8. The highest BCUT2D eigenvalue weighted by molar-refractivity contribution is 6.08. The van der Waals surface area contributed by atoms with Gasteiger partial charge in [-0.05, 0) is 68.0 Å². The van der Waals surface area contributed by atoms with Crippen molar-refractivity contribution in [3.63, 3.8) is 0 Å². The topological polar surface area (TPSA) is 154 Å². The Hall–Kier alpha value is -4.48. The Morgan fingerprint density at radius 3 is 2.51 bits per heavy atom. The minimum atomic E-state index is -1.05. The smallest absolute Gasteiger partial charge is 0.335 e. The molecule has 11 nitrogen and oxygen atoms in total. The summed E-state index contributed by atoms with van der Waals surface area (Å²) in [7, 11) is 3.17. The molecule has 2 atom stereocenters. The number of hydrogen-bond donors (Lipinski definition) is 4. The van der Waals surface area contributed by atoms with Gasteiger partial charge >= 0.3 is 5.97 Å². The Bertz CT molecular complexity index is 1480. The molecule has 0 aliphatic carbocycles. The summed E-state index contributed by atoms with van der Waals surface area (Å²) in [5.74, 6) is -1.52. The number of amides is 3. The van der Waals surface area contributed by atoms with Gasteiger partial charge in [0.1, 0.15) is 11.8 Å². The highest BCUT2D eigenvalue weighted by atomic mass is 16.5. The highest BCUT2D eigenvalue weighted by Crippen LogP contribution is 2.37. The molecular formula is C30H35N5O6. The van der Waals surface area contributed by atoms with Gasteiger partial charge in [0, 0.05) is 12.0 Å². The van der Waals surface area contributed by atoms with Gasteiger partial charge in [0.25, 0.3) is 5.91 Å². The molecule has 5 N–H and O–H groups in total. The van der Waals surface area contributed by atoms with E-state index in [4.69, 9.17) is 10.5 Å². The van der Waals surface area contributed by atoms with Crippen LogP contribution in [0.5, 0.6) is 5.75 Å². The van der Waals surface area contributed by atoms with E-state index in [0.29, 0.717) is 46.4 Å². The summed E-state index contributed by atoms with van der Waals surface area (Å²) < 4.78 is 5.66. The lowest BCUT2D eigenvalue weighted by molar-refractivity contribution is -0.128. The normalized spacial score (nSPS) is 15.7. The number of nitrogens with zero attached hydrogens (tertiary/aromatic N) is 2. The molecule has 3 amide bonds. The van der Waals surface area contributed by atoms with Crippen LogP contribution in [0.25, 0.3) is 10.8 Å². The number of carboxylic acids is 1. The molecule has 0 fully saturated rings. The van der Waals surface area contributed by atoms with Crippen molar-refractivity contribution in [3.8, 4) is 5.75 Å². The van der Waals surface area contributed by atoms with Crippen LogP contribution in [0.3, 0.4) is 0 Å². The number of anilines is 2. The lowest BCUT2D eigenvalue weighted by atomic mass is 10.00. The maximum absolute atomic E-state index is 14.2. The number of nitrogens with one attached hydrogen (secondary N) is 2. The Labute approximate surface area is 238 Å². The number of carboxylic acid groups (broad SMARTS) is 1. The van der Waals surface area contributed by atoms with E-state index in [1.165, 1.54) is 18.1 Å². The van der Waals surface area contributed by atoms with Crippen LogP contribution in [0, 0.1) is 0 Å². The summed E-state index contributed by atoms with van der Waals surface area (Å²) in [5, 5.41) is 16.6. The summed E-state index contributed by atoms with van der Waals surface area (Å²) in [4.78, 5) is 55.2. The van der Waals surface area contributed by atoms with Gasteiger partial charge in [-0.15, -0.1) is 0 Å². The molecule has 3 aromatic rings. The maximum atomic E-state index is 14.2. The van der Waals surface area contributed by atoms with Crippen molar-refractivity contribution >= 4 is 45.8 Å². The molecule has 3 aromatic carbocycles. The average Bonchev–Trinajstić information content (AvgIpc) is 3.09. The number of aromatic carboxylic acids is 1. The van der Waals surface area contributed by atoms with Gasteiger partial charge in [-0.3, -0.25) is 14.4 Å². The third kappa shape index (κ3) is 6.16. The summed E-state index contributed by atoms with van der Waals surface area (Å²) in [6.45, 7) is 2.02. The van der Waals surface area contributed by atoms with Gasteiger partial charge < -0.3 is 36.0 Å². The molecule has 1 unspecified atom stereocenters. The van der Waals surface area contributed by atoms with Crippen molar-refractivity contribution in [1.29, 1.82) is 0 Å². The second-order valence-electron chi connectivity index (χ2n) is 9.87. The standard InChI is InChI=1S/C30H35N5O6/c1-18(32-2)28(37)33-23-17-34(27(36)9-6-14-31)24-7-4-5-8-25(24)35(29(23)38)16-22-21-12-10-20(30(39)40)15-19(21)11-13-26(22)41-3/h4-5,7-8,10-13,15,18,23,32H,6,9,14,16-17,31H2,1-3H3,(H,33,37)(H,39,40)/t18-,23?/m0/s1. The largest absolute Gasteiger partial charge is 0.496 e. The number of rotatable bonds is 10. The molecule has 0 radical (unpaired) electrons. The zero-order chi connectivity index (χ0) is 29.7. The van der Waals surface area contributed by atoms with Gasteiger partial charge in [0.05, 0.1) is 43.2 Å². The zero-order valence-corrected chi connectivity index (χ0v) is 23.3. The fourth-order valence-electron chi connectivity index (χ4n) is 4.93. The Morgan fingerprint density at radius 2 is 1.85 bits per heavy atom. The van der Waals surface area contributed by atoms with E-state index in [0.717, 1.165) is 0 Å². The van der Waals surface area contributed by atoms with E-state index in [9.17, 15) is 24.3 Å². The first-order valence-corrected chi connectivity index (χ1v) is 13.4. The van der Waals surface area contributed by atoms with E-state index in [1.807, 2.05) is 0 Å². The number of fused-ring (bicyclic) bond motifs is 2. The molecule has 1 aliphatic heterocycles. The summed E-state index contributed by atoms with van der Waals surface area (Å²) in [5.41, 5.74) is 7.49. The average molecular weight is 562 g/mol. The first-order valence-electron chi connectivity index (χ1n) is 13.4. The van der Waals surface area contributed by atoms with Crippen molar-refractivity contribution in [3.05, 3.63) is 65.7 Å². The van der Waals surface area contributed by atoms with Crippen LogP contribution in [-0.2, 0) is 20.9 Å². The third-order valence-corrected chi connectivity index (χ3v) is 7.30. The maximum Gasteiger partial charge on any atom is 0.335 e. The fourth-order valence-corrected chi connectivity index (χ4v) is 4.93. The number of benzene rings is 3. The second-order valence-corrected chi connectivity index (χ2v) is 9.87. The first kappa shape index (κ1) is 29.5. The van der Waals surface area contributed by atoms with Crippen LogP contribution in [0.15, 0.2) is 54.6 Å². The summed E-state index contributed by atoms with van der Waals surface area (Å²) in [6.07, 6.45) is 0.671. The van der Waals surface area contributed by atoms with E-state index < -0.39 is 24.0 Å². The van der Waals surface area contributed by atoms with Crippen molar-refractivity contribution in [2.75, 3.05) is 37.0 Å². The van der Waals surface area contributed by atoms with Crippen molar-refractivity contribution in [2.24, 2.45) is 5.73 Å².